The number of piperazine rings is 1. The van der Waals surface area contributed by atoms with E-state index in [-0.39, 0.29) is 23.6 Å². The third kappa shape index (κ3) is 3.13. The number of aromatic nitrogens is 4. The van der Waals surface area contributed by atoms with Gasteiger partial charge in [0, 0.05) is 44.1 Å². The summed E-state index contributed by atoms with van der Waals surface area (Å²) in [6.07, 6.45) is 3.52. The molecule has 4 heterocycles. The van der Waals surface area contributed by atoms with Gasteiger partial charge < -0.3 is 4.98 Å². The maximum absolute atomic E-state index is 12.4. The van der Waals surface area contributed by atoms with Crippen LogP contribution in [0, 0.1) is 0 Å². The number of imidazole rings is 1. The Morgan fingerprint density at radius 3 is 2.63 bits per heavy atom. The van der Waals surface area contributed by atoms with Crippen molar-refractivity contribution in [2.75, 3.05) is 24.6 Å². The maximum atomic E-state index is 12.4. The highest BCUT2D eigenvalue weighted by Gasteiger charge is 2.46. The molecule has 9 nitrogen and oxygen atoms in total. The Morgan fingerprint density at radius 1 is 1.11 bits per heavy atom. The maximum Gasteiger partial charge on any atom is 0.153 e. The van der Waals surface area contributed by atoms with Gasteiger partial charge in [-0.1, -0.05) is 12.1 Å². The van der Waals surface area contributed by atoms with Gasteiger partial charge in [-0.25, -0.2) is 18.0 Å². The van der Waals surface area contributed by atoms with Gasteiger partial charge in [-0.2, -0.15) is 0 Å². The van der Waals surface area contributed by atoms with Gasteiger partial charge in [0.15, 0.2) is 9.84 Å². The first kappa shape index (κ1) is 16.8. The third-order valence-electron chi connectivity index (χ3n) is 5.56. The van der Waals surface area contributed by atoms with Crippen LogP contribution in [-0.4, -0.2) is 75.2 Å². The minimum Gasteiger partial charge on any atom is -0.348 e. The quantitative estimate of drug-likeness (QED) is 0.685. The minimum absolute atomic E-state index is 0.0245. The SMILES string of the molecule is O=S1(=O)C[C@@H]2[C@H](C1)N(Cc1ncc[nH]1)CCN2Cc1cccc2nonc12. The Balaban J connectivity index is 1.41. The summed E-state index contributed by atoms with van der Waals surface area (Å²) in [7, 11) is -3.06. The third-order valence-corrected chi connectivity index (χ3v) is 7.26. The molecule has 2 fully saturated rings. The zero-order valence-electron chi connectivity index (χ0n) is 14.7. The second kappa shape index (κ2) is 6.39. The number of hydrogen-bond acceptors (Lipinski definition) is 8. The largest absolute Gasteiger partial charge is 0.348 e. The van der Waals surface area contributed by atoms with Crippen LogP contribution in [0.1, 0.15) is 11.4 Å². The second-order valence-corrected chi connectivity index (χ2v) is 9.39. The van der Waals surface area contributed by atoms with Crippen molar-refractivity contribution in [3.8, 4) is 0 Å². The van der Waals surface area contributed by atoms with Crippen LogP contribution in [0.5, 0.6) is 0 Å². The number of H-pyrrole nitrogens is 1. The second-order valence-electron chi connectivity index (χ2n) is 7.24. The molecule has 10 heteroatoms. The zero-order valence-corrected chi connectivity index (χ0v) is 15.5. The monoisotopic (exact) mass is 388 g/mol. The number of benzene rings is 1. The first-order valence-corrected chi connectivity index (χ1v) is 10.8. The summed E-state index contributed by atoms with van der Waals surface area (Å²) in [4.78, 5) is 11.9. The number of aromatic amines is 1. The van der Waals surface area contributed by atoms with E-state index in [4.69, 9.17) is 4.63 Å². The molecule has 0 saturated carbocycles. The van der Waals surface area contributed by atoms with Crippen LogP contribution < -0.4 is 0 Å². The van der Waals surface area contributed by atoms with Gasteiger partial charge in [0.1, 0.15) is 16.9 Å². The van der Waals surface area contributed by atoms with Crippen molar-refractivity contribution >= 4 is 20.9 Å². The summed E-state index contributed by atoms with van der Waals surface area (Å²) in [6, 6.07) is 5.73. The van der Waals surface area contributed by atoms with Crippen LogP contribution in [-0.2, 0) is 22.9 Å². The number of rotatable bonds is 4. The van der Waals surface area contributed by atoms with Crippen molar-refractivity contribution in [1.82, 2.24) is 30.1 Å². The van der Waals surface area contributed by atoms with Crippen LogP contribution in [0.15, 0.2) is 35.2 Å². The molecule has 2 aromatic heterocycles. The van der Waals surface area contributed by atoms with E-state index >= 15 is 0 Å². The van der Waals surface area contributed by atoms with Gasteiger partial charge >= 0.3 is 0 Å². The van der Waals surface area contributed by atoms with Gasteiger partial charge in [0.2, 0.25) is 0 Å². The molecule has 2 aliphatic rings. The van der Waals surface area contributed by atoms with Crippen LogP contribution in [0.4, 0.5) is 0 Å². The average molecular weight is 388 g/mol. The van der Waals surface area contributed by atoms with Crippen molar-refractivity contribution in [2.24, 2.45) is 0 Å². The number of nitrogens with one attached hydrogen (secondary N) is 1. The van der Waals surface area contributed by atoms with Gasteiger partial charge in [-0.05, 0) is 21.9 Å². The molecule has 3 aromatic rings. The Bertz CT molecular complexity index is 1050. The molecule has 0 radical (unpaired) electrons. The van der Waals surface area contributed by atoms with E-state index in [0.717, 1.165) is 35.5 Å². The Labute approximate surface area is 156 Å². The van der Waals surface area contributed by atoms with Crippen LogP contribution >= 0.6 is 0 Å². The van der Waals surface area contributed by atoms with E-state index in [1.807, 2.05) is 18.2 Å². The first-order chi connectivity index (χ1) is 13.1. The molecule has 0 unspecified atom stereocenters. The molecular weight excluding hydrogens is 368 g/mol. The normalized spacial score (nSPS) is 25.8. The van der Waals surface area contributed by atoms with Crippen molar-refractivity contribution in [2.45, 2.75) is 25.2 Å². The standard InChI is InChI=1S/C17H20N6O3S/c24-27(25)10-14-15(11-27)23(9-16-18-4-5-19-16)7-6-22(14)8-12-2-1-3-13-17(12)21-26-20-13/h1-5,14-15H,6-11H2,(H,18,19)/t14-,15+/m1/s1. The lowest BCUT2D eigenvalue weighted by atomic mass is 10.0. The molecule has 1 N–H and O–H groups in total. The van der Waals surface area contributed by atoms with Crippen LogP contribution in [0.25, 0.3) is 11.0 Å². The van der Waals surface area contributed by atoms with Crippen molar-refractivity contribution in [3.63, 3.8) is 0 Å². The van der Waals surface area contributed by atoms with E-state index in [1.54, 1.807) is 12.4 Å². The van der Waals surface area contributed by atoms with E-state index < -0.39 is 9.84 Å². The fourth-order valence-corrected chi connectivity index (χ4v) is 6.32. The molecule has 2 atom stereocenters. The van der Waals surface area contributed by atoms with Crippen molar-refractivity contribution in [3.05, 3.63) is 42.0 Å². The molecule has 0 aliphatic carbocycles. The fourth-order valence-electron chi connectivity index (χ4n) is 4.27. The van der Waals surface area contributed by atoms with Crippen molar-refractivity contribution < 1.29 is 13.0 Å². The minimum atomic E-state index is -3.06. The Hall–Kier alpha value is -2.30. The predicted molar refractivity (Wildman–Crippen MR) is 97.4 cm³/mol. The van der Waals surface area contributed by atoms with Crippen molar-refractivity contribution in [1.29, 1.82) is 0 Å². The average Bonchev–Trinajstić information content (AvgIpc) is 3.36. The summed E-state index contributed by atoms with van der Waals surface area (Å²) in [6.45, 7) is 2.86. The van der Waals surface area contributed by atoms with Gasteiger partial charge in [0.25, 0.3) is 0 Å². The Kier molecular flexibility index (Phi) is 3.99. The molecule has 5 rings (SSSR count). The fraction of sp³-hybridized carbons (Fsp3) is 0.471. The smallest absolute Gasteiger partial charge is 0.153 e. The number of sulfone groups is 1. The van der Waals surface area contributed by atoms with Crippen LogP contribution in [0.3, 0.4) is 0 Å². The van der Waals surface area contributed by atoms with E-state index in [9.17, 15) is 8.42 Å². The van der Waals surface area contributed by atoms with Crippen LogP contribution in [0.2, 0.25) is 0 Å². The van der Waals surface area contributed by atoms with Gasteiger partial charge in [-0.3, -0.25) is 9.80 Å². The molecule has 0 amide bonds. The molecule has 2 aliphatic heterocycles. The lowest BCUT2D eigenvalue weighted by molar-refractivity contribution is 0.0343. The van der Waals surface area contributed by atoms with E-state index in [0.29, 0.717) is 13.1 Å². The first-order valence-electron chi connectivity index (χ1n) is 8.96. The zero-order chi connectivity index (χ0) is 18.4. The van der Waals surface area contributed by atoms with Gasteiger partial charge in [-0.15, -0.1) is 0 Å². The molecule has 1 aromatic carbocycles. The number of nitrogens with zero attached hydrogens (tertiary/aromatic N) is 5. The lowest BCUT2D eigenvalue weighted by Gasteiger charge is -2.43. The summed E-state index contributed by atoms with van der Waals surface area (Å²) >= 11 is 0. The Morgan fingerprint density at radius 2 is 1.89 bits per heavy atom. The van der Waals surface area contributed by atoms with Gasteiger partial charge in [0.05, 0.1) is 18.1 Å². The number of hydrogen-bond donors (Lipinski definition) is 1. The highest BCUT2D eigenvalue weighted by atomic mass is 32.2. The molecule has 0 bridgehead atoms. The lowest BCUT2D eigenvalue weighted by Crippen LogP contribution is -2.58. The van der Waals surface area contributed by atoms with E-state index in [2.05, 4.69) is 30.1 Å². The highest BCUT2D eigenvalue weighted by Crippen LogP contribution is 2.29. The molecule has 142 valence electrons. The summed E-state index contributed by atoms with van der Waals surface area (Å²) < 4.78 is 29.7. The van der Waals surface area contributed by atoms with E-state index in [1.165, 1.54) is 0 Å². The summed E-state index contributed by atoms with van der Waals surface area (Å²) in [5.74, 6) is 1.26. The molecule has 0 spiro atoms. The molecule has 27 heavy (non-hydrogen) atoms. The number of fused-ring (bicyclic) bond motifs is 2. The molecule has 2 saturated heterocycles. The molecular formula is C17H20N6O3S. The summed E-state index contributed by atoms with van der Waals surface area (Å²) in [5, 5.41) is 7.91. The predicted octanol–water partition coefficient (Wildman–Crippen LogP) is 0.429. The summed E-state index contributed by atoms with van der Waals surface area (Å²) in [5.41, 5.74) is 2.48. The topological polar surface area (TPSA) is 108 Å². The highest BCUT2D eigenvalue weighted by molar-refractivity contribution is 7.91.